The zero-order valence-electron chi connectivity index (χ0n) is 15.4. The summed E-state index contributed by atoms with van der Waals surface area (Å²) in [5.41, 5.74) is 8.63. The quantitative estimate of drug-likeness (QED) is 0.0582. The Kier molecular flexibility index (Phi) is 14.3. The molecule has 1 aromatic rings. The zero-order valence-corrected chi connectivity index (χ0v) is 20.5. The van der Waals surface area contributed by atoms with Crippen LogP contribution in [0.5, 0.6) is 0 Å². The van der Waals surface area contributed by atoms with Crippen molar-refractivity contribution in [2.24, 2.45) is 0 Å². The third-order valence-electron chi connectivity index (χ3n) is 3.26. The standard InChI is InChI=1S/C14H26AsN3O6S4/c16-5-9-25-15(26-10-6-17)13-1-3-14(4-2-13)18(7-11-27-24-23-19)8-12-28(20,21)22/h1-4,19H,5-12,16-17H2,(H,20,21,22). The Hall–Kier alpha value is 0.338. The van der Waals surface area contributed by atoms with Crippen molar-refractivity contribution >= 4 is 64.6 Å². The second-order valence-electron chi connectivity index (χ2n) is 5.35. The van der Waals surface area contributed by atoms with Crippen molar-refractivity contribution in [3.63, 3.8) is 0 Å². The number of quaternary nitrogens is 2. The van der Waals surface area contributed by atoms with Gasteiger partial charge in [0.25, 0.3) is 0 Å². The number of hydrogen-bond donors (Lipinski definition) is 2. The van der Waals surface area contributed by atoms with Gasteiger partial charge in [-0.15, -0.1) is 0 Å². The average Bonchev–Trinajstić information content (AvgIpc) is 2.67. The number of hydrogen-bond acceptors (Lipinski definition) is 10. The SMILES string of the molecule is [NH3+]CCS[As](SCC[NH3+])c1ccc(N(CCSOO[O-])CCS(=O)(=O)[O-])cc1. The maximum atomic E-state index is 11.0. The van der Waals surface area contributed by atoms with E-state index in [1.165, 1.54) is 4.35 Å². The van der Waals surface area contributed by atoms with Gasteiger partial charge in [-0.1, -0.05) is 0 Å². The molecule has 0 aromatic heterocycles. The van der Waals surface area contributed by atoms with Gasteiger partial charge in [0.2, 0.25) is 0 Å². The molecule has 9 nitrogen and oxygen atoms in total. The third-order valence-corrected chi connectivity index (χ3v) is 18.1. The fourth-order valence-corrected chi connectivity index (χ4v) is 15.5. The summed E-state index contributed by atoms with van der Waals surface area (Å²) >= 11 is -0.497. The van der Waals surface area contributed by atoms with Gasteiger partial charge in [-0.05, 0) is 0 Å². The maximum absolute atomic E-state index is 11.0. The van der Waals surface area contributed by atoms with E-state index < -0.39 is 28.2 Å². The molecule has 0 saturated carbocycles. The molecule has 14 heteroatoms. The Bertz CT molecular complexity index is 632. The third kappa shape index (κ3) is 11.5. The van der Waals surface area contributed by atoms with Gasteiger partial charge in [-0.2, -0.15) is 0 Å². The van der Waals surface area contributed by atoms with Crippen LogP contribution in [0.25, 0.3) is 0 Å². The summed E-state index contributed by atoms with van der Waals surface area (Å²) in [5, 5.41) is 13.2. The topological polar surface area (TPSA) is 157 Å². The van der Waals surface area contributed by atoms with Gasteiger partial charge in [-0.25, -0.2) is 0 Å². The molecular formula is C14H26AsN3O6S4. The molecule has 0 heterocycles. The van der Waals surface area contributed by atoms with E-state index >= 15 is 0 Å². The van der Waals surface area contributed by atoms with Crippen LogP contribution in [0.2, 0.25) is 0 Å². The molecule has 0 amide bonds. The van der Waals surface area contributed by atoms with Crippen LogP contribution in [0, 0.1) is 0 Å². The molecule has 0 saturated heterocycles. The predicted molar refractivity (Wildman–Crippen MR) is 114 cm³/mol. The Morgan fingerprint density at radius 1 is 1.04 bits per heavy atom. The fraction of sp³-hybridized carbons (Fsp3) is 0.571. The summed E-state index contributed by atoms with van der Waals surface area (Å²) in [6, 6.07) is 8.04. The van der Waals surface area contributed by atoms with Crippen molar-refractivity contribution < 1.29 is 39.1 Å². The van der Waals surface area contributed by atoms with E-state index in [4.69, 9.17) is 0 Å². The molecule has 0 aliphatic rings. The molecule has 0 fully saturated rings. The number of nitrogens with zero attached hydrogens (tertiary/aromatic N) is 1. The van der Waals surface area contributed by atoms with Gasteiger partial charge in [0.15, 0.2) is 0 Å². The molecule has 0 aliphatic carbocycles. The monoisotopic (exact) mass is 535 g/mol. The van der Waals surface area contributed by atoms with E-state index in [1.807, 2.05) is 32.2 Å². The number of benzene rings is 1. The Balaban J connectivity index is 2.84. The van der Waals surface area contributed by atoms with E-state index in [0.717, 1.165) is 42.3 Å². The van der Waals surface area contributed by atoms with Crippen molar-refractivity contribution in [3.05, 3.63) is 24.3 Å². The number of rotatable bonds is 16. The Morgan fingerprint density at radius 2 is 1.64 bits per heavy atom. The molecule has 0 aliphatic heterocycles. The van der Waals surface area contributed by atoms with Crippen LogP contribution in [0.15, 0.2) is 24.3 Å². The Labute approximate surface area is 181 Å². The first-order valence-corrected chi connectivity index (χ1v) is 18.3. The zero-order chi connectivity index (χ0) is 20.8. The molecule has 1 rings (SSSR count). The van der Waals surface area contributed by atoms with Crippen molar-refractivity contribution in [2.75, 3.05) is 54.1 Å². The minimum atomic E-state index is -4.32. The summed E-state index contributed by atoms with van der Waals surface area (Å²) in [4.78, 5) is 1.78. The normalized spacial score (nSPS) is 11.9. The second-order valence-corrected chi connectivity index (χ2v) is 19.4. The van der Waals surface area contributed by atoms with Gasteiger partial charge in [0.1, 0.15) is 0 Å². The average molecular weight is 536 g/mol. The first-order chi connectivity index (χ1) is 13.4. The summed E-state index contributed by atoms with van der Waals surface area (Å²) < 4.78 is 38.6. The van der Waals surface area contributed by atoms with E-state index in [9.17, 15) is 18.2 Å². The van der Waals surface area contributed by atoms with Gasteiger partial charge in [0, 0.05) is 0 Å². The molecule has 28 heavy (non-hydrogen) atoms. The van der Waals surface area contributed by atoms with Crippen molar-refractivity contribution in [2.45, 2.75) is 0 Å². The molecule has 0 unspecified atom stereocenters. The number of anilines is 1. The van der Waals surface area contributed by atoms with E-state index in [-0.39, 0.29) is 6.54 Å². The van der Waals surface area contributed by atoms with E-state index in [2.05, 4.69) is 33.0 Å². The minimum absolute atomic E-state index is 0.0674. The van der Waals surface area contributed by atoms with Crippen LogP contribution in [0.4, 0.5) is 5.69 Å². The molecule has 6 N–H and O–H groups in total. The van der Waals surface area contributed by atoms with E-state index in [0.29, 0.717) is 12.3 Å². The molecular weight excluding hydrogens is 509 g/mol. The molecule has 162 valence electrons. The summed E-state index contributed by atoms with van der Waals surface area (Å²) in [5.74, 6) is 1.94. The summed E-state index contributed by atoms with van der Waals surface area (Å²) in [6.45, 7) is 2.25. The fourth-order valence-electron chi connectivity index (χ4n) is 2.06. The first-order valence-electron chi connectivity index (χ1n) is 8.42. The van der Waals surface area contributed by atoms with Crippen LogP contribution >= 0.6 is 32.1 Å². The summed E-state index contributed by atoms with van der Waals surface area (Å²) in [7, 11) is -0.355. The van der Waals surface area contributed by atoms with Crippen LogP contribution < -0.4 is 26.0 Å². The van der Waals surface area contributed by atoms with E-state index in [1.54, 1.807) is 4.90 Å². The molecule has 0 radical (unpaired) electrons. The van der Waals surface area contributed by atoms with Crippen LogP contribution in [-0.2, 0) is 19.5 Å². The molecule has 0 spiro atoms. The van der Waals surface area contributed by atoms with Crippen LogP contribution in [0.3, 0.4) is 0 Å². The first kappa shape index (κ1) is 26.4. The van der Waals surface area contributed by atoms with Crippen molar-refractivity contribution in [1.82, 2.24) is 0 Å². The van der Waals surface area contributed by atoms with Gasteiger partial charge in [0.05, 0.1) is 0 Å². The van der Waals surface area contributed by atoms with Crippen LogP contribution in [0.1, 0.15) is 0 Å². The summed E-state index contributed by atoms with van der Waals surface area (Å²) in [6.07, 6.45) is 0. The Morgan fingerprint density at radius 3 is 2.14 bits per heavy atom. The molecule has 0 atom stereocenters. The predicted octanol–water partition coefficient (Wildman–Crippen LogP) is -2.44. The van der Waals surface area contributed by atoms with Crippen molar-refractivity contribution in [3.8, 4) is 0 Å². The van der Waals surface area contributed by atoms with Gasteiger partial charge >= 0.3 is 182 Å². The van der Waals surface area contributed by atoms with Gasteiger partial charge < -0.3 is 0 Å². The van der Waals surface area contributed by atoms with Crippen LogP contribution in [-0.4, -0.2) is 74.5 Å². The molecule has 1 aromatic carbocycles. The second kappa shape index (κ2) is 15.2. The van der Waals surface area contributed by atoms with Crippen molar-refractivity contribution in [1.29, 1.82) is 0 Å². The van der Waals surface area contributed by atoms with Gasteiger partial charge in [-0.3, -0.25) is 0 Å². The molecule has 0 bridgehead atoms.